The van der Waals surface area contributed by atoms with Crippen molar-refractivity contribution in [2.24, 2.45) is 0 Å². The first-order chi connectivity index (χ1) is 16.5. The van der Waals surface area contributed by atoms with Gasteiger partial charge in [0, 0.05) is 11.8 Å². The molecule has 3 aromatic carbocycles. The van der Waals surface area contributed by atoms with Crippen molar-refractivity contribution in [2.75, 3.05) is 24.9 Å². The van der Waals surface area contributed by atoms with Crippen LogP contribution in [0.4, 0.5) is 11.4 Å². The molecule has 0 bridgehead atoms. The minimum atomic E-state index is -0.508. The fraction of sp³-hybridized carbons (Fsp3) is 0.154. The van der Waals surface area contributed by atoms with Gasteiger partial charge in [0.05, 0.1) is 42.7 Å². The average Bonchev–Trinajstić information content (AvgIpc) is 2.88. The van der Waals surface area contributed by atoms with Crippen LogP contribution in [0.3, 0.4) is 0 Å². The van der Waals surface area contributed by atoms with E-state index in [1.54, 1.807) is 12.1 Å². The van der Waals surface area contributed by atoms with Crippen LogP contribution in [-0.2, 0) is 6.42 Å². The van der Waals surface area contributed by atoms with E-state index in [2.05, 4.69) is 27.5 Å². The molecule has 0 radical (unpaired) electrons. The molecule has 1 heterocycles. The van der Waals surface area contributed by atoms with Crippen molar-refractivity contribution in [3.05, 3.63) is 83.7 Å². The van der Waals surface area contributed by atoms with Gasteiger partial charge in [0.2, 0.25) is 0 Å². The van der Waals surface area contributed by atoms with E-state index in [1.165, 1.54) is 26.5 Å². The Morgan fingerprint density at radius 1 is 0.853 bits per heavy atom. The van der Waals surface area contributed by atoms with Crippen LogP contribution in [0.5, 0.6) is 11.5 Å². The molecule has 0 fully saturated rings. The number of para-hydroxylation sites is 2. The van der Waals surface area contributed by atoms with Crippen molar-refractivity contribution < 1.29 is 19.1 Å². The molecule has 0 spiro atoms. The van der Waals surface area contributed by atoms with Gasteiger partial charge < -0.3 is 20.1 Å². The number of anilines is 2. The number of amides is 2. The lowest BCUT2D eigenvalue weighted by Crippen LogP contribution is -2.19. The van der Waals surface area contributed by atoms with E-state index in [-0.39, 0.29) is 16.9 Å². The maximum absolute atomic E-state index is 13.2. The van der Waals surface area contributed by atoms with Gasteiger partial charge >= 0.3 is 0 Å². The number of benzene rings is 3. The van der Waals surface area contributed by atoms with E-state index in [4.69, 9.17) is 9.47 Å². The van der Waals surface area contributed by atoms with E-state index in [9.17, 15) is 9.59 Å². The molecule has 0 saturated carbocycles. The van der Waals surface area contributed by atoms with Gasteiger partial charge in [0.1, 0.15) is 5.69 Å². The number of rotatable bonds is 7. The Balaban J connectivity index is 1.66. The summed E-state index contributed by atoms with van der Waals surface area (Å²) < 4.78 is 10.7. The molecule has 2 amide bonds. The van der Waals surface area contributed by atoms with E-state index >= 15 is 0 Å². The maximum Gasteiger partial charge on any atom is 0.275 e. The van der Waals surface area contributed by atoms with Gasteiger partial charge in [-0.2, -0.15) is 0 Å². The standard InChI is InChI=1S/C26H24N4O4/c1-4-16-9-11-17(12-10-16)28-25(31)18-13-23(33-2)24(34-3)14-21(18)30-26(32)22-15-27-19-7-5-6-8-20(19)29-22/h5-15H,4H2,1-3H3,(H,28,31)(H,30,32). The van der Waals surface area contributed by atoms with Crippen molar-refractivity contribution in [2.45, 2.75) is 13.3 Å². The number of nitrogens with zero attached hydrogens (tertiary/aromatic N) is 2. The highest BCUT2D eigenvalue weighted by molar-refractivity contribution is 6.12. The normalized spacial score (nSPS) is 10.6. The molecule has 0 aliphatic rings. The summed E-state index contributed by atoms with van der Waals surface area (Å²) in [6.45, 7) is 2.06. The number of hydrogen-bond acceptors (Lipinski definition) is 6. The van der Waals surface area contributed by atoms with Crippen LogP contribution < -0.4 is 20.1 Å². The second-order valence-corrected chi connectivity index (χ2v) is 7.46. The second kappa shape index (κ2) is 9.99. The van der Waals surface area contributed by atoms with E-state index in [0.29, 0.717) is 28.2 Å². The third kappa shape index (κ3) is 4.80. The summed E-state index contributed by atoms with van der Waals surface area (Å²) in [6, 6.07) is 17.9. The molecule has 0 aliphatic carbocycles. The topological polar surface area (TPSA) is 102 Å². The number of nitrogens with one attached hydrogen (secondary N) is 2. The highest BCUT2D eigenvalue weighted by Gasteiger charge is 2.20. The number of ether oxygens (including phenoxy) is 2. The fourth-order valence-electron chi connectivity index (χ4n) is 3.45. The minimum absolute atomic E-state index is 0.120. The summed E-state index contributed by atoms with van der Waals surface area (Å²) >= 11 is 0. The molecule has 8 nitrogen and oxygen atoms in total. The van der Waals surface area contributed by atoms with E-state index < -0.39 is 11.8 Å². The van der Waals surface area contributed by atoms with Crippen molar-refractivity contribution in [3.63, 3.8) is 0 Å². The maximum atomic E-state index is 13.2. The first-order valence-corrected chi connectivity index (χ1v) is 10.7. The van der Waals surface area contributed by atoms with Crippen molar-refractivity contribution in [1.29, 1.82) is 0 Å². The monoisotopic (exact) mass is 456 g/mol. The van der Waals surface area contributed by atoms with Crippen LogP contribution in [0.15, 0.2) is 66.9 Å². The molecular formula is C26H24N4O4. The zero-order chi connectivity index (χ0) is 24.1. The van der Waals surface area contributed by atoms with Crippen LogP contribution in [0.2, 0.25) is 0 Å². The van der Waals surface area contributed by atoms with Crippen LogP contribution in [0.25, 0.3) is 11.0 Å². The zero-order valence-corrected chi connectivity index (χ0v) is 19.1. The summed E-state index contributed by atoms with van der Waals surface area (Å²) in [5.41, 5.74) is 3.65. The Hall–Kier alpha value is -4.46. The van der Waals surface area contributed by atoms with E-state index in [1.807, 2.05) is 42.5 Å². The molecular weight excluding hydrogens is 432 g/mol. The smallest absolute Gasteiger partial charge is 0.275 e. The third-order valence-corrected chi connectivity index (χ3v) is 5.32. The quantitative estimate of drug-likeness (QED) is 0.417. The summed E-state index contributed by atoms with van der Waals surface area (Å²) in [4.78, 5) is 34.8. The SMILES string of the molecule is CCc1ccc(NC(=O)c2cc(OC)c(OC)cc2NC(=O)c2cnc3ccccc3n2)cc1. The molecule has 4 aromatic rings. The number of hydrogen-bond donors (Lipinski definition) is 2. The highest BCUT2D eigenvalue weighted by Crippen LogP contribution is 2.34. The molecule has 4 rings (SSSR count). The predicted molar refractivity (Wildman–Crippen MR) is 131 cm³/mol. The van der Waals surface area contributed by atoms with Gasteiger partial charge in [0.15, 0.2) is 11.5 Å². The fourth-order valence-corrected chi connectivity index (χ4v) is 3.45. The molecule has 34 heavy (non-hydrogen) atoms. The molecule has 0 saturated heterocycles. The van der Waals surface area contributed by atoms with Gasteiger partial charge in [-0.05, 0) is 42.3 Å². The molecule has 1 aromatic heterocycles. The largest absolute Gasteiger partial charge is 0.493 e. The Morgan fingerprint density at radius 2 is 1.53 bits per heavy atom. The molecule has 0 aliphatic heterocycles. The van der Waals surface area contributed by atoms with Gasteiger partial charge in [-0.1, -0.05) is 31.2 Å². The summed E-state index contributed by atoms with van der Waals surface area (Å²) in [6.07, 6.45) is 2.30. The first kappa shape index (κ1) is 22.7. The number of aromatic nitrogens is 2. The van der Waals surface area contributed by atoms with Crippen LogP contribution in [0, 0.1) is 0 Å². The lowest BCUT2D eigenvalue weighted by molar-refractivity contribution is 0.102. The Kier molecular flexibility index (Phi) is 6.68. The molecule has 0 unspecified atom stereocenters. The number of aryl methyl sites for hydroxylation is 1. The Labute approximate surface area is 197 Å². The van der Waals surface area contributed by atoms with Crippen LogP contribution in [-0.4, -0.2) is 36.0 Å². The van der Waals surface area contributed by atoms with Gasteiger partial charge in [0.25, 0.3) is 11.8 Å². The average molecular weight is 457 g/mol. The Bertz CT molecular complexity index is 1350. The van der Waals surface area contributed by atoms with Gasteiger partial charge in [-0.25, -0.2) is 4.98 Å². The summed E-state index contributed by atoms with van der Waals surface area (Å²) in [5, 5.41) is 5.63. The molecule has 172 valence electrons. The lowest BCUT2D eigenvalue weighted by Gasteiger charge is -2.16. The predicted octanol–water partition coefficient (Wildman–Crippen LogP) is 4.71. The van der Waals surface area contributed by atoms with Gasteiger partial charge in [-0.15, -0.1) is 0 Å². The lowest BCUT2D eigenvalue weighted by atomic mass is 10.1. The molecule has 2 N–H and O–H groups in total. The number of carbonyl (C=O) groups excluding carboxylic acids is 2. The van der Waals surface area contributed by atoms with Crippen molar-refractivity contribution in [3.8, 4) is 11.5 Å². The number of fused-ring (bicyclic) bond motifs is 1. The van der Waals surface area contributed by atoms with Crippen molar-refractivity contribution >= 4 is 34.2 Å². The van der Waals surface area contributed by atoms with Crippen molar-refractivity contribution in [1.82, 2.24) is 9.97 Å². The van der Waals surface area contributed by atoms with Crippen LogP contribution in [0.1, 0.15) is 33.3 Å². The minimum Gasteiger partial charge on any atom is -0.493 e. The number of methoxy groups -OCH3 is 2. The molecule has 0 atom stereocenters. The third-order valence-electron chi connectivity index (χ3n) is 5.32. The highest BCUT2D eigenvalue weighted by atomic mass is 16.5. The van der Waals surface area contributed by atoms with Crippen LogP contribution >= 0.6 is 0 Å². The summed E-state index contributed by atoms with van der Waals surface area (Å²) in [5.74, 6) is -0.194. The second-order valence-electron chi connectivity index (χ2n) is 7.46. The zero-order valence-electron chi connectivity index (χ0n) is 19.1. The Morgan fingerprint density at radius 3 is 2.21 bits per heavy atom. The first-order valence-electron chi connectivity index (χ1n) is 10.7. The molecule has 8 heteroatoms. The summed E-state index contributed by atoms with van der Waals surface area (Å²) in [7, 11) is 2.96. The number of carbonyl (C=O) groups is 2. The van der Waals surface area contributed by atoms with Gasteiger partial charge in [-0.3, -0.25) is 14.6 Å². The van der Waals surface area contributed by atoms with E-state index in [0.717, 1.165) is 12.0 Å².